The number of nitrogens with zero attached hydrogens (tertiary/aromatic N) is 1. The second-order valence-electron chi connectivity index (χ2n) is 4.67. The van der Waals surface area contributed by atoms with Crippen LogP contribution >= 0.6 is 0 Å². The van der Waals surface area contributed by atoms with Gasteiger partial charge in [0.25, 0.3) is 0 Å². The van der Waals surface area contributed by atoms with Crippen molar-refractivity contribution in [3.8, 4) is 11.8 Å². The van der Waals surface area contributed by atoms with E-state index < -0.39 is 5.97 Å². The molecule has 1 aromatic rings. The van der Waals surface area contributed by atoms with Gasteiger partial charge in [-0.2, -0.15) is 5.26 Å². The largest absolute Gasteiger partial charge is 0.488 e. The van der Waals surface area contributed by atoms with E-state index in [4.69, 9.17) is 14.7 Å². The first-order valence-corrected chi connectivity index (χ1v) is 6.35. The summed E-state index contributed by atoms with van der Waals surface area (Å²) in [5.74, 6) is 0.190. The van der Waals surface area contributed by atoms with Gasteiger partial charge in [0.1, 0.15) is 24.0 Å². The van der Waals surface area contributed by atoms with E-state index in [1.165, 1.54) is 6.08 Å². The molecule has 0 N–H and O–H groups in total. The lowest BCUT2D eigenvalue weighted by molar-refractivity contribution is -0.142. The third-order valence-electron chi connectivity index (χ3n) is 2.67. The zero-order valence-corrected chi connectivity index (χ0v) is 11.4. The van der Waals surface area contributed by atoms with Gasteiger partial charge in [-0.05, 0) is 37.6 Å². The highest BCUT2D eigenvalue weighted by molar-refractivity contribution is 5.93. The molecule has 0 unspecified atom stereocenters. The topological polar surface area (TPSA) is 59.3 Å². The predicted octanol–water partition coefficient (Wildman–Crippen LogP) is 2.86. The first-order valence-electron chi connectivity index (χ1n) is 6.35. The highest BCUT2D eigenvalue weighted by atomic mass is 16.5. The maximum atomic E-state index is 11.7. The fourth-order valence-electron chi connectivity index (χ4n) is 1.82. The van der Waals surface area contributed by atoms with Crippen LogP contribution in [0.5, 0.6) is 5.75 Å². The predicted molar refractivity (Wildman–Crippen MR) is 74.8 cm³/mol. The number of nitriles is 1. The zero-order chi connectivity index (χ0) is 14.5. The van der Waals surface area contributed by atoms with Crippen molar-refractivity contribution in [3.05, 3.63) is 47.1 Å². The van der Waals surface area contributed by atoms with E-state index in [-0.39, 0.29) is 11.7 Å². The summed E-state index contributed by atoms with van der Waals surface area (Å²) >= 11 is 0. The molecule has 1 heterocycles. The van der Waals surface area contributed by atoms with Gasteiger partial charge in [-0.3, -0.25) is 0 Å². The van der Waals surface area contributed by atoms with Crippen LogP contribution < -0.4 is 4.74 Å². The summed E-state index contributed by atoms with van der Waals surface area (Å²) < 4.78 is 10.6. The number of carbonyl (C=O) groups is 1. The Balaban J connectivity index is 2.24. The molecule has 0 bridgehead atoms. The van der Waals surface area contributed by atoms with Crippen LogP contribution in [0.4, 0.5) is 0 Å². The maximum Gasteiger partial charge on any atom is 0.349 e. The van der Waals surface area contributed by atoms with Crippen molar-refractivity contribution < 1.29 is 14.3 Å². The van der Waals surface area contributed by atoms with Gasteiger partial charge in [-0.25, -0.2) is 4.79 Å². The number of ether oxygens (including phenoxy) is 2. The first-order chi connectivity index (χ1) is 9.60. The molecule has 2 rings (SSSR count). The molecule has 0 atom stereocenters. The van der Waals surface area contributed by atoms with Gasteiger partial charge in [0.05, 0.1) is 6.10 Å². The van der Waals surface area contributed by atoms with Crippen LogP contribution in [0.3, 0.4) is 0 Å². The minimum absolute atomic E-state index is 0.0204. The summed E-state index contributed by atoms with van der Waals surface area (Å²) in [4.78, 5) is 11.7. The van der Waals surface area contributed by atoms with Crippen molar-refractivity contribution in [3.63, 3.8) is 0 Å². The van der Waals surface area contributed by atoms with Gasteiger partial charge in [0, 0.05) is 5.56 Å². The molecule has 0 saturated carbocycles. The van der Waals surface area contributed by atoms with E-state index in [1.54, 1.807) is 13.8 Å². The van der Waals surface area contributed by atoms with Crippen molar-refractivity contribution in [2.75, 3.05) is 6.61 Å². The van der Waals surface area contributed by atoms with Crippen LogP contribution in [-0.2, 0) is 9.53 Å². The van der Waals surface area contributed by atoms with Crippen LogP contribution in [-0.4, -0.2) is 18.7 Å². The molecule has 4 heteroatoms. The fraction of sp³-hybridized carbons (Fsp3) is 0.250. The van der Waals surface area contributed by atoms with Crippen molar-refractivity contribution in [2.24, 2.45) is 0 Å². The SMILES string of the molecule is CC(C)OC(=O)C(C#N)=CC1=Cc2ccccc2OC1. The summed E-state index contributed by atoms with van der Waals surface area (Å²) in [5.41, 5.74) is 1.67. The average molecular weight is 269 g/mol. The smallest absolute Gasteiger partial charge is 0.349 e. The Morgan fingerprint density at radius 3 is 2.90 bits per heavy atom. The van der Waals surface area contributed by atoms with Crippen LogP contribution in [0.25, 0.3) is 6.08 Å². The second-order valence-corrected chi connectivity index (χ2v) is 4.67. The van der Waals surface area contributed by atoms with Crippen molar-refractivity contribution in [1.29, 1.82) is 5.26 Å². The highest BCUT2D eigenvalue weighted by Gasteiger charge is 2.15. The molecule has 0 amide bonds. The zero-order valence-electron chi connectivity index (χ0n) is 11.4. The first kappa shape index (κ1) is 13.9. The summed E-state index contributed by atoms with van der Waals surface area (Å²) in [6.45, 7) is 3.81. The number of benzene rings is 1. The monoisotopic (exact) mass is 269 g/mol. The lowest BCUT2D eigenvalue weighted by Gasteiger charge is -2.16. The molecule has 0 aromatic heterocycles. The summed E-state index contributed by atoms with van der Waals surface area (Å²) in [6, 6.07) is 9.47. The van der Waals surface area contributed by atoms with Crippen molar-refractivity contribution in [2.45, 2.75) is 20.0 Å². The quantitative estimate of drug-likeness (QED) is 0.481. The molecule has 20 heavy (non-hydrogen) atoms. The normalized spacial score (nSPS) is 13.9. The van der Waals surface area contributed by atoms with Crippen LogP contribution in [0.2, 0.25) is 0 Å². The Hall–Kier alpha value is -2.54. The number of carbonyl (C=O) groups excluding carboxylic acids is 1. The third kappa shape index (κ3) is 3.27. The minimum atomic E-state index is -0.609. The van der Waals surface area contributed by atoms with Crippen LogP contribution in [0, 0.1) is 11.3 Å². The Morgan fingerprint density at radius 1 is 1.45 bits per heavy atom. The van der Waals surface area contributed by atoms with Gasteiger partial charge in [-0.1, -0.05) is 18.2 Å². The second kappa shape index (κ2) is 6.07. The molecular formula is C16H15NO3. The molecule has 0 spiro atoms. The number of hydrogen-bond donors (Lipinski definition) is 0. The Kier molecular flexibility index (Phi) is 4.21. The van der Waals surface area contributed by atoms with E-state index in [0.29, 0.717) is 6.61 Å². The Morgan fingerprint density at radius 2 is 2.20 bits per heavy atom. The number of hydrogen-bond acceptors (Lipinski definition) is 4. The van der Waals surface area contributed by atoms with E-state index in [0.717, 1.165) is 16.9 Å². The van der Waals surface area contributed by atoms with Gasteiger partial charge in [0.15, 0.2) is 0 Å². The molecule has 4 nitrogen and oxygen atoms in total. The van der Waals surface area contributed by atoms with Crippen LogP contribution in [0.1, 0.15) is 19.4 Å². The molecule has 0 aliphatic carbocycles. The fourth-order valence-corrected chi connectivity index (χ4v) is 1.82. The van der Waals surface area contributed by atoms with Gasteiger partial charge in [0.2, 0.25) is 0 Å². The van der Waals surface area contributed by atoms with E-state index >= 15 is 0 Å². The van der Waals surface area contributed by atoms with Gasteiger partial charge in [-0.15, -0.1) is 0 Å². The third-order valence-corrected chi connectivity index (χ3v) is 2.67. The van der Waals surface area contributed by atoms with E-state index in [9.17, 15) is 4.79 Å². The lowest BCUT2D eigenvalue weighted by Crippen LogP contribution is -2.14. The molecule has 1 aromatic carbocycles. The highest BCUT2D eigenvalue weighted by Crippen LogP contribution is 2.26. The van der Waals surface area contributed by atoms with Crippen molar-refractivity contribution in [1.82, 2.24) is 0 Å². The van der Waals surface area contributed by atoms with Gasteiger partial charge < -0.3 is 9.47 Å². The molecule has 0 fully saturated rings. The van der Waals surface area contributed by atoms with E-state index in [1.807, 2.05) is 36.4 Å². The Bertz CT molecular complexity index is 621. The maximum absolute atomic E-state index is 11.7. The standard InChI is InChI=1S/C16H15NO3/c1-11(2)20-16(18)14(9-17)8-12-7-13-5-3-4-6-15(13)19-10-12/h3-8,11H,10H2,1-2H3. The van der Waals surface area contributed by atoms with E-state index in [2.05, 4.69) is 0 Å². The number of fused-ring (bicyclic) bond motifs is 1. The average Bonchev–Trinajstić information content (AvgIpc) is 2.43. The summed E-state index contributed by atoms with van der Waals surface area (Å²) in [6.07, 6.45) is 3.16. The molecule has 102 valence electrons. The Labute approximate surface area is 117 Å². The molecule has 0 saturated heterocycles. The van der Waals surface area contributed by atoms with Gasteiger partial charge >= 0.3 is 5.97 Å². The molecule has 0 radical (unpaired) electrons. The summed E-state index contributed by atoms with van der Waals surface area (Å²) in [5, 5.41) is 9.05. The van der Waals surface area contributed by atoms with Crippen molar-refractivity contribution >= 4 is 12.0 Å². The number of para-hydroxylation sites is 1. The molecule has 1 aliphatic rings. The number of esters is 1. The minimum Gasteiger partial charge on any atom is -0.488 e. The lowest BCUT2D eigenvalue weighted by atomic mass is 10.1. The molecule has 1 aliphatic heterocycles. The summed E-state index contributed by atoms with van der Waals surface area (Å²) in [7, 11) is 0. The number of rotatable bonds is 3. The van der Waals surface area contributed by atoms with Crippen LogP contribution in [0.15, 0.2) is 41.5 Å². The molecular weight excluding hydrogens is 254 g/mol.